The minimum absolute atomic E-state index is 0.176. The second-order valence-electron chi connectivity index (χ2n) is 8.15. The maximum absolute atomic E-state index is 13.9. The molecular weight excluding hydrogens is 470 g/mol. The highest BCUT2D eigenvalue weighted by Crippen LogP contribution is 2.34. The van der Waals surface area contributed by atoms with Crippen LogP contribution in [0, 0.1) is 17.5 Å². The van der Waals surface area contributed by atoms with Gasteiger partial charge in [0.1, 0.15) is 11.9 Å². The van der Waals surface area contributed by atoms with Crippen molar-refractivity contribution in [3.8, 4) is 0 Å². The molecule has 0 radical (unpaired) electrons. The smallest absolute Gasteiger partial charge is 0.349 e. The summed E-state index contributed by atoms with van der Waals surface area (Å²) in [6.07, 6.45) is -5.80. The minimum Gasteiger partial charge on any atom is -0.349 e. The van der Waals surface area contributed by atoms with Gasteiger partial charge in [-0.2, -0.15) is 13.2 Å². The first kappa shape index (κ1) is 25.5. The summed E-state index contributed by atoms with van der Waals surface area (Å²) < 4.78 is 81.1. The summed E-state index contributed by atoms with van der Waals surface area (Å²) in [6.45, 7) is -0.437. The van der Waals surface area contributed by atoms with Crippen molar-refractivity contribution in [3.63, 3.8) is 0 Å². The summed E-state index contributed by atoms with van der Waals surface area (Å²) in [4.78, 5) is 27.7. The SMILES string of the molecule is CN(C)C(=O)C[C@@H]1c2nnc(C(F)(F)F)n2CCN1C(=O)C[C@H](N)Cc1cc(F)c(F)cc1F. The van der Waals surface area contributed by atoms with Gasteiger partial charge >= 0.3 is 6.18 Å². The van der Waals surface area contributed by atoms with Crippen molar-refractivity contribution >= 4 is 11.8 Å². The molecule has 8 nitrogen and oxygen atoms in total. The third kappa shape index (κ3) is 5.32. The highest BCUT2D eigenvalue weighted by Gasteiger charge is 2.43. The van der Waals surface area contributed by atoms with Gasteiger partial charge < -0.3 is 20.1 Å². The molecular formula is C20H22F6N6O2. The predicted octanol–water partition coefficient (Wildman–Crippen LogP) is 2.04. The lowest BCUT2D eigenvalue weighted by atomic mass is 10.0. The molecule has 2 amide bonds. The van der Waals surface area contributed by atoms with Crippen LogP contribution in [0.25, 0.3) is 0 Å². The van der Waals surface area contributed by atoms with Gasteiger partial charge in [0.05, 0.1) is 6.42 Å². The van der Waals surface area contributed by atoms with Crippen molar-refractivity contribution in [2.75, 3.05) is 20.6 Å². The lowest BCUT2D eigenvalue weighted by molar-refractivity contribution is -0.148. The average Bonchev–Trinajstić information content (AvgIpc) is 3.17. The Kier molecular flexibility index (Phi) is 7.19. The Hall–Kier alpha value is -3.16. The largest absolute Gasteiger partial charge is 0.451 e. The number of nitrogens with zero attached hydrogens (tertiary/aromatic N) is 5. The quantitative estimate of drug-likeness (QED) is 0.492. The fourth-order valence-electron chi connectivity index (χ4n) is 3.76. The van der Waals surface area contributed by atoms with Crippen LogP contribution in [0.1, 0.15) is 36.1 Å². The van der Waals surface area contributed by atoms with Crippen molar-refractivity contribution in [1.82, 2.24) is 24.6 Å². The van der Waals surface area contributed by atoms with Gasteiger partial charge in [-0.3, -0.25) is 9.59 Å². The van der Waals surface area contributed by atoms with E-state index in [1.54, 1.807) is 0 Å². The van der Waals surface area contributed by atoms with Crippen LogP contribution in [-0.2, 0) is 28.7 Å². The van der Waals surface area contributed by atoms with E-state index in [1.807, 2.05) is 0 Å². The Balaban J connectivity index is 1.82. The molecule has 2 atom stereocenters. The van der Waals surface area contributed by atoms with Crippen molar-refractivity contribution in [2.24, 2.45) is 5.73 Å². The predicted molar refractivity (Wildman–Crippen MR) is 105 cm³/mol. The Morgan fingerprint density at radius 2 is 1.76 bits per heavy atom. The Labute approximate surface area is 190 Å². The number of hydrogen-bond acceptors (Lipinski definition) is 5. The summed E-state index contributed by atoms with van der Waals surface area (Å²) in [5, 5.41) is 6.80. The molecule has 186 valence electrons. The van der Waals surface area contributed by atoms with Crippen LogP contribution >= 0.6 is 0 Å². The van der Waals surface area contributed by atoms with Crippen LogP contribution in [0.4, 0.5) is 26.3 Å². The van der Waals surface area contributed by atoms with Crippen LogP contribution in [0.2, 0.25) is 0 Å². The van der Waals surface area contributed by atoms with Crippen LogP contribution in [0.3, 0.4) is 0 Å². The molecule has 2 N–H and O–H groups in total. The number of amides is 2. The highest BCUT2D eigenvalue weighted by atomic mass is 19.4. The molecule has 0 saturated heterocycles. The van der Waals surface area contributed by atoms with E-state index in [4.69, 9.17) is 5.73 Å². The van der Waals surface area contributed by atoms with Crippen LogP contribution in [0.15, 0.2) is 12.1 Å². The Morgan fingerprint density at radius 1 is 1.12 bits per heavy atom. The first-order chi connectivity index (χ1) is 15.8. The number of carbonyl (C=O) groups is 2. The molecule has 1 aliphatic rings. The van der Waals surface area contributed by atoms with E-state index in [1.165, 1.54) is 23.9 Å². The molecule has 0 fully saturated rings. The number of carbonyl (C=O) groups excluding carboxylic acids is 2. The lowest BCUT2D eigenvalue weighted by Crippen LogP contribution is -2.46. The minimum atomic E-state index is -4.77. The fraction of sp³-hybridized carbons (Fsp3) is 0.500. The van der Waals surface area contributed by atoms with Crippen LogP contribution < -0.4 is 5.73 Å². The molecule has 3 rings (SSSR count). The number of hydrogen-bond donors (Lipinski definition) is 1. The van der Waals surface area contributed by atoms with Gasteiger partial charge in [0.25, 0.3) is 0 Å². The molecule has 0 aliphatic carbocycles. The van der Waals surface area contributed by atoms with Gasteiger partial charge in [0.2, 0.25) is 17.6 Å². The van der Waals surface area contributed by atoms with Crippen molar-refractivity contribution in [2.45, 2.75) is 44.1 Å². The second kappa shape index (κ2) is 9.60. The highest BCUT2D eigenvalue weighted by molar-refractivity contribution is 5.80. The number of rotatable bonds is 6. The van der Waals surface area contributed by atoms with E-state index < -0.39 is 53.4 Å². The third-order valence-corrected chi connectivity index (χ3v) is 5.47. The Bertz CT molecular complexity index is 1090. The van der Waals surface area contributed by atoms with E-state index in [0.717, 1.165) is 4.57 Å². The molecule has 0 bridgehead atoms. The van der Waals surface area contributed by atoms with Crippen molar-refractivity contribution in [1.29, 1.82) is 0 Å². The summed E-state index contributed by atoms with van der Waals surface area (Å²) in [6, 6.07) is -1.12. The van der Waals surface area contributed by atoms with Gasteiger partial charge in [-0.25, -0.2) is 13.2 Å². The molecule has 0 saturated carbocycles. The van der Waals surface area contributed by atoms with E-state index in [-0.39, 0.29) is 43.7 Å². The molecule has 14 heteroatoms. The second-order valence-corrected chi connectivity index (χ2v) is 8.15. The summed E-state index contributed by atoms with van der Waals surface area (Å²) in [7, 11) is 2.91. The average molecular weight is 492 g/mol. The van der Waals surface area contributed by atoms with Crippen LogP contribution in [0.5, 0.6) is 0 Å². The van der Waals surface area contributed by atoms with Crippen molar-refractivity contribution in [3.05, 3.63) is 46.8 Å². The number of benzene rings is 1. The monoisotopic (exact) mass is 492 g/mol. The number of alkyl halides is 3. The van der Waals surface area contributed by atoms with Gasteiger partial charge in [-0.1, -0.05) is 0 Å². The van der Waals surface area contributed by atoms with Gasteiger partial charge in [0, 0.05) is 45.7 Å². The number of nitrogens with two attached hydrogens (primary N) is 1. The van der Waals surface area contributed by atoms with Crippen molar-refractivity contribution < 1.29 is 35.9 Å². The maximum atomic E-state index is 13.9. The van der Waals surface area contributed by atoms with Gasteiger partial charge in [-0.05, 0) is 18.1 Å². The van der Waals surface area contributed by atoms with Gasteiger partial charge in [0.15, 0.2) is 17.5 Å². The molecule has 0 unspecified atom stereocenters. The van der Waals surface area contributed by atoms with E-state index in [9.17, 15) is 35.9 Å². The number of fused-ring (bicyclic) bond motifs is 1. The molecule has 1 aliphatic heterocycles. The van der Waals surface area contributed by atoms with Crippen LogP contribution in [-0.4, -0.2) is 63.1 Å². The van der Waals surface area contributed by atoms with Gasteiger partial charge in [-0.15, -0.1) is 10.2 Å². The first-order valence-electron chi connectivity index (χ1n) is 10.2. The summed E-state index contributed by atoms with van der Waals surface area (Å²) in [5.74, 6) is -6.16. The molecule has 1 aromatic carbocycles. The Morgan fingerprint density at radius 3 is 2.38 bits per heavy atom. The summed E-state index contributed by atoms with van der Waals surface area (Å²) in [5.41, 5.74) is 5.70. The lowest BCUT2D eigenvalue weighted by Gasteiger charge is -2.36. The molecule has 1 aromatic heterocycles. The molecule has 34 heavy (non-hydrogen) atoms. The molecule has 2 heterocycles. The summed E-state index contributed by atoms with van der Waals surface area (Å²) >= 11 is 0. The molecule has 2 aromatic rings. The van der Waals surface area contributed by atoms with E-state index in [0.29, 0.717) is 12.1 Å². The topological polar surface area (TPSA) is 97.4 Å². The van der Waals surface area contributed by atoms with E-state index >= 15 is 0 Å². The zero-order valence-electron chi connectivity index (χ0n) is 18.2. The standard InChI is InChI=1S/C20H22F6N6O2/c1-30(2)16(33)9-15-18-28-29-19(20(24,25)26)32(18)4-3-31(15)17(34)7-11(27)5-10-6-13(22)14(23)8-12(10)21/h6,8,11,15H,3-5,7,9,27H2,1-2H3/t11-,15-/m1/s1. The van der Waals surface area contributed by atoms with E-state index in [2.05, 4.69) is 10.2 Å². The first-order valence-corrected chi connectivity index (χ1v) is 10.2. The third-order valence-electron chi connectivity index (χ3n) is 5.47. The maximum Gasteiger partial charge on any atom is 0.451 e. The number of halogens is 6. The molecule has 0 spiro atoms. The normalized spacial score (nSPS) is 16.9. The fourth-order valence-corrected chi connectivity index (χ4v) is 3.76. The number of aromatic nitrogens is 3. The zero-order chi connectivity index (χ0) is 25.4. The zero-order valence-corrected chi connectivity index (χ0v) is 18.2.